The lowest BCUT2D eigenvalue weighted by Crippen LogP contribution is -2.41. The van der Waals surface area contributed by atoms with E-state index in [1.807, 2.05) is 0 Å². The molecule has 0 radical (unpaired) electrons. The molecule has 2 N–H and O–H groups in total. The van der Waals surface area contributed by atoms with E-state index in [4.69, 9.17) is 0 Å². The number of likely N-dealkylation sites (N-methyl/N-ethyl adjacent to an activating group) is 1. The highest BCUT2D eigenvalue weighted by atomic mass is 32.2. The molecule has 1 fully saturated rings. The number of para-hydroxylation sites is 1. The summed E-state index contributed by atoms with van der Waals surface area (Å²) >= 11 is 0. The van der Waals surface area contributed by atoms with Gasteiger partial charge in [-0.15, -0.1) is 0 Å². The number of rotatable bonds is 5. The predicted octanol–water partition coefficient (Wildman–Crippen LogP) is 0.104. The van der Waals surface area contributed by atoms with Crippen LogP contribution >= 0.6 is 0 Å². The lowest BCUT2D eigenvalue weighted by Gasteiger charge is -2.24. The van der Waals surface area contributed by atoms with Gasteiger partial charge in [0.25, 0.3) is 5.91 Å². The zero-order valence-corrected chi connectivity index (χ0v) is 14.0. The summed E-state index contributed by atoms with van der Waals surface area (Å²) in [7, 11) is 0.122. The Morgan fingerprint density at radius 1 is 1.30 bits per heavy atom. The lowest BCUT2D eigenvalue weighted by atomic mass is 10.1. The first-order valence-electron chi connectivity index (χ1n) is 7.35. The lowest BCUT2D eigenvalue weighted by molar-refractivity contribution is -0.129. The van der Waals surface area contributed by atoms with Crippen LogP contribution in [0.3, 0.4) is 0 Å². The molecule has 0 aromatic heterocycles. The maximum absolute atomic E-state index is 12.2. The van der Waals surface area contributed by atoms with E-state index < -0.39 is 9.84 Å². The van der Waals surface area contributed by atoms with Gasteiger partial charge in [0.05, 0.1) is 23.6 Å². The number of carbonyl (C=O) groups is 2. The van der Waals surface area contributed by atoms with Crippen molar-refractivity contribution in [3.8, 4) is 0 Å². The van der Waals surface area contributed by atoms with Gasteiger partial charge in [-0.05, 0) is 18.6 Å². The van der Waals surface area contributed by atoms with Gasteiger partial charge in [0.1, 0.15) is 0 Å². The predicted molar refractivity (Wildman–Crippen MR) is 88.2 cm³/mol. The van der Waals surface area contributed by atoms with Crippen molar-refractivity contribution in [2.45, 2.75) is 12.5 Å². The van der Waals surface area contributed by atoms with Crippen molar-refractivity contribution in [1.29, 1.82) is 0 Å². The first-order valence-corrected chi connectivity index (χ1v) is 9.17. The second-order valence-electron chi connectivity index (χ2n) is 5.54. The summed E-state index contributed by atoms with van der Waals surface area (Å²) in [6.07, 6.45) is 0.472. The highest BCUT2D eigenvalue weighted by Gasteiger charge is 2.32. The van der Waals surface area contributed by atoms with Crippen molar-refractivity contribution < 1.29 is 18.0 Å². The molecule has 0 bridgehead atoms. The Hall–Kier alpha value is -2.09. The molecule has 2 rings (SSSR count). The van der Waals surface area contributed by atoms with E-state index in [9.17, 15) is 18.0 Å². The van der Waals surface area contributed by atoms with Gasteiger partial charge in [0, 0.05) is 25.8 Å². The molecule has 8 heteroatoms. The fraction of sp³-hybridized carbons (Fsp3) is 0.467. The summed E-state index contributed by atoms with van der Waals surface area (Å²) in [5, 5.41) is 5.50. The zero-order chi connectivity index (χ0) is 17.0. The Bertz CT molecular complexity index is 702. The quantitative estimate of drug-likeness (QED) is 0.793. The average Bonchev–Trinajstić information content (AvgIpc) is 2.91. The van der Waals surface area contributed by atoms with Gasteiger partial charge >= 0.3 is 0 Å². The molecule has 0 unspecified atom stereocenters. The third-order valence-corrected chi connectivity index (χ3v) is 5.73. The molecule has 23 heavy (non-hydrogen) atoms. The number of hydrogen-bond acceptors (Lipinski definition) is 5. The van der Waals surface area contributed by atoms with Crippen molar-refractivity contribution in [2.75, 3.05) is 37.5 Å². The number of sulfone groups is 1. The number of nitrogens with zero attached hydrogens (tertiary/aromatic N) is 1. The van der Waals surface area contributed by atoms with Crippen LogP contribution in [-0.4, -0.2) is 63.3 Å². The number of nitrogens with one attached hydrogen (secondary N) is 2. The number of carbonyl (C=O) groups excluding carboxylic acids is 2. The highest BCUT2D eigenvalue weighted by molar-refractivity contribution is 7.91. The molecule has 2 amide bonds. The molecule has 1 aromatic rings. The number of hydrogen-bond donors (Lipinski definition) is 2. The van der Waals surface area contributed by atoms with E-state index in [0.29, 0.717) is 17.7 Å². The van der Waals surface area contributed by atoms with Crippen LogP contribution in [0.5, 0.6) is 0 Å². The largest absolute Gasteiger partial charge is 0.376 e. The summed E-state index contributed by atoms with van der Waals surface area (Å²) < 4.78 is 23.0. The Morgan fingerprint density at radius 3 is 2.61 bits per heavy atom. The molecule has 0 saturated carbocycles. The van der Waals surface area contributed by atoms with Crippen molar-refractivity contribution in [1.82, 2.24) is 10.2 Å². The number of benzene rings is 1. The molecule has 1 aliphatic heterocycles. The second kappa shape index (κ2) is 6.99. The van der Waals surface area contributed by atoms with Crippen LogP contribution in [0.15, 0.2) is 24.3 Å². The van der Waals surface area contributed by atoms with Crippen LogP contribution in [-0.2, 0) is 14.6 Å². The molecule has 1 aromatic carbocycles. The smallest absolute Gasteiger partial charge is 0.253 e. The van der Waals surface area contributed by atoms with Gasteiger partial charge in [-0.25, -0.2) is 8.42 Å². The zero-order valence-electron chi connectivity index (χ0n) is 13.2. The summed E-state index contributed by atoms with van der Waals surface area (Å²) in [5.74, 6) is -0.304. The summed E-state index contributed by atoms with van der Waals surface area (Å²) in [4.78, 5) is 25.5. The van der Waals surface area contributed by atoms with E-state index in [1.165, 1.54) is 4.90 Å². The fourth-order valence-corrected chi connectivity index (χ4v) is 4.32. The normalized spacial score (nSPS) is 19.1. The van der Waals surface area contributed by atoms with Gasteiger partial charge in [-0.2, -0.15) is 0 Å². The molecular formula is C15H21N3O4S. The minimum absolute atomic E-state index is 0.00105. The SMILES string of the molecule is CNC(=O)c1ccccc1NCC(=O)N(C)[C@@H]1CCS(=O)(=O)C1. The molecule has 1 aliphatic rings. The molecule has 126 valence electrons. The van der Waals surface area contributed by atoms with E-state index in [2.05, 4.69) is 10.6 Å². The second-order valence-corrected chi connectivity index (χ2v) is 7.77. The average molecular weight is 339 g/mol. The van der Waals surface area contributed by atoms with Crippen LogP contribution < -0.4 is 10.6 Å². The highest BCUT2D eigenvalue weighted by Crippen LogP contribution is 2.18. The maximum Gasteiger partial charge on any atom is 0.253 e. The van der Waals surface area contributed by atoms with Crippen LogP contribution in [0.25, 0.3) is 0 Å². The first kappa shape index (κ1) is 17.3. The van der Waals surface area contributed by atoms with Crippen molar-refractivity contribution >= 4 is 27.3 Å². The molecular weight excluding hydrogens is 318 g/mol. The van der Waals surface area contributed by atoms with Gasteiger partial charge < -0.3 is 15.5 Å². The van der Waals surface area contributed by atoms with Crippen LogP contribution in [0.4, 0.5) is 5.69 Å². The Labute approximate surface area is 136 Å². The molecule has 0 aliphatic carbocycles. The third kappa shape index (κ3) is 4.22. The number of amides is 2. The fourth-order valence-electron chi connectivity index (χ4n) is 2.55. The van der Waals surface area contributed by atoms with Crippen molar-refractivity contribution in [3.63, 3.8) is 0 Å². The van der Waals surface area contributed by atoms with Crippen molar-refractivity contribution in [2.24, 2.45) is 0 Å². The van der Waals surface area contributed by atoms with E-state index in [1.54, 1.807) is 38.4 Å². The number of anilines is 1. The van der Waals surface area contributed by atoms with Crippen LogP contribution in [0.1, 0.15) is 16.8 Å². The van der Waals surface area contributed by atoms with Crippen molar-refractivity contribution in [3.05, 3.63) is 29.8 Å². The first-order chi connectivity index (χ1) is 10.8. The molecule has 1 heterocycles. The third-order valence-electron chi connectivity index (χ3n) is 3.98. The summed E-state index contributed by atoms with van der Waals surface area (Å²) in [6, 6.07) is 6.62. The standard InChI is InChI=1S/C15H21N3O4S/c1-16-15(20)12-5-3-4-6-13(12)17-9-14(19)18(2)11-7-8-23(21,22)10-11/h3-6,11,17H,7-10H2,1-2H3,(H,16,20)/t11-/m1/s1. The van der Waals surface area contributed by atoms with Gasteiger partial charge in [-0.1, -0.05) is 12.1 Å². The monoisotopic (exact) mass is 339 g/mol. The minimum Gasteiger partial charge on any atom is -0.376 e. The van der Waals surface area contributed by atoms with Crippen LogP contribution in [0, 0.1) is 0 Å². The topological polar surface area (TPSA) is 95.6 Å². The Morgan fingerprint density at radius 2 is 2.00 bits per heavy atom. The molecule has 7 nitrogen and oxygen atoms in total. The maximum atomic E-state index is 12.2. The Balaban J connectivity index is 1.98. The molecule has 1 atom stereocenters. The summed E-state index contributed by atoms with van der Waals surface area (Å²) in [5.41, 5.74) is 1.02. The molecule has 0 spiro atoms. The minimum atomic E-state index is -3.03. The van der Waals surface area contributed by atoms with E-state index >= 15 is 0 Å². The van der Waals surface area contributed by atoms with Gasteiger partial charge in [0.15, 0.2) is 9.84 Å². The van der Waals surface area contributed by atoms with E-state index in [-0.39, 0.29) is 35.9 Å². The summed E-state index contributed by atoms with van der Waals surface area (Å²) in [6.45, 7) is 0.00105. The Kier molecular flexibility index (Phi) is 5.25. The molecule has 1 saturated heterocycles. The van der Waals surface area contributed by atoms with Crippen LogP contribution in [0.2, 0.25) is 0 Å². The van der Waals surface area contributed by atoms with Gasteiger partial charge in [0.2, 0.25) is 5.91 Å². The van der Waals surface area contributed by atoms with Gasteiger partial charge in [-0.3, -0.25) is 9.59 Å². The van der Waals surface area contributed by atoms with E-state index in [0.717, 1.165) is 0 Å².